The first kappa shape index (κ1) is 82.8. The molecule has 0 aliphatic carbocycles. The van der Waals surface area contributed by atoms with Crippen molar-refractivity contribution in [2.24, 2.45) is 35.2 Å². The first-order valence-electron chi connectivity index (χ1n) is 48.0. The number of hydrogen-bond donors (Lipinski definition) is 0. The van der Waals surface area contributed by atoms with Crippen LogP contribution in [-0.4, -0.2) is 15.0 Å². The van der Waals surface area contributed by atoms with Crippen LogP contribution < -0.4 is 22.8 Å². The van der Waals surface area contributed by atoms with Gasteiger partial charge in [-0.15, -0.1) is 0 Å². The third-order valence-corrected chi connectivity index (χ3v) is 25.6. The number of hydrogen-bond acceptors (Lipinski definition) is 3. The maximum atomic E-state index is 8.79. The summed E-state index contributed by atoms with van der Waals surface area (Å²) in [7, 11) is 10.1. The maximum absolute atomic E-state index is 8.79. The van der Waals surface area contributed by atoms with Gasteiger partial charge in [0.25, 0.3) is 0 Å². The SMILES string of the molecule is [2H]c1c(C)[n+](C)c(-c2cc(-c3cccnc3)ccc2C)c2ccc(C(C)(C)C)cc12.[2H]c1c(C)[n+](C)c(-c2ccccc2C)c2ccc(C(CC)CC)cc12.[2H]c1c(C)[n+](C)c(-c2ccncc2C)c2ccc(C(C)(C)C)cc12.[2H]c1c(C)[n+](C)c(-c2cnccc2C)c2ccc(C(C)(C)C)cc12.[2H]c1c([2H])[n+](C)c(-c2cc(C([2H])(C)C)cc(C)c2C)c2ccc(C(C)(C)C)cc12. The van der Waals surface area contributed by atoms with Gasteiger partial charge in [0.15, 0.2) is 28.9 Å². The zero-order chi connectivity index (χ0) is 96.9. The molecule has 0 radical (unpaired) electrons. The van der Waals surface area contributed by atoms with E-state index in [1.165, 1.54) is 66.7 Å². The molecule has 0 unspecified atom stereocenters. The average Bonchev–Trinajstić information content (AvgIpc) is 0.818. The fourth-order valence-corrected chi connectivity index (χ4v) is 17.0. The molecule has 0 fully saturated rings. The third kappa shape index (κ3) is 20.1. The minimum atomic E-state index is -0.708. The Hall–Kier alpha value is -11.7. The van der Waals surface area contributed by atoms with E-state index in [1.54, 1.807) is 6.20 Å². The van der Waals surface area contributed by atoms with Crippen molar-refractivity contribution in [2.75, 3.05) is 0 Å². The Balaban J connectivity index is 0.000000149. The molecule has 0 spiro atoms. The van der Waals surface area contributed by atoms with Crippen molar-refractivity contribution in [3.8, 4) is 67.4 Å². The van der Waals surface area contributed by atoms with Crippen molar-refractivity contribution in [2.45, 2.75) is 226 Å². The standard InChI is InChI=1S/C27H29N2.C25H32N.C23H28N.2C21H25N2/c1-18-9-10-20(21-8-7-13-28-17-21)16-25(18)26-24-12-11-23(27(3,4)5)15-22(24)14-19(2)29(26)6;1-16(2)20-13-17(3)18(4)23(15-20)24-22-10-9-21(25(5,6)7)14-19(22)11-12-26(24)8;1-6-18(7-2)19-12-13-22-20(15-19)14-17(4)24(5)23(22)21-11-9-8-10-16(21)3;1-14-13-22-10-9-18(14)20-19-8-7-17(21(3,4)5)12-16(19)11-15(2)23(20)6;1-14-9-10-22-13-19(14)20-18-8-7-17(21(3,4)5)12-16(18)11-15(2)23(20)6/h7-17H,1-6H3;9-16H,1-8H3;8-15,18H,6-7H2,1-5H3;2*7-13H,1-6H3/q5*+1/i14D;11D,12D,16D;14D;2*11D. The third-order valence-electron chi connectivity index (χ3n) is 25.6. The van der Waals surface area contributed by atoms with Crippen LogP contribution >= 0.6 is 0 Å². The fourth-order valence-electron chi connectivity index (χ4n) is 17.0. The lowest BCUT2D eigenvalue weighted by molar-refractivity contribution is -0.665. The number of aromatic nitrogens is 8. The van der Waals surface area contributed by atoms with E-state index in [2.05, 4.69) is 344 Å². The lowest BCUT2D eigenvalue weighted by Gasteiger charge is -2.20. The number of benzene rings is 8. The van der Waals surface area contributed by atoms with Crippen molar-refractivity contribution in [3.05, 3.63) is 333 Å². The second-order valence-corrected chi connectivity index (χ2v) is 38.9. The van der Waals surface area contributed by atoms with E-state index in [0.29, 0.717) is 30.1 Å². The van der Waals surface area contributed by atoms with E-state index < -0.39 is 5.89 Å². The predicted octanol–water partition coefficient (Wildman–Crippen LogP) is 27.8. The van der Waals surface area contributed by atoms with E-state index >= 15 is 0 Å². The van der Waals surface area contributed by atoms with Crippen LogP contribution in [-0.2, 0) is 56.9 Å². The molecule has 642 valence electrons. The fraction of sp³-hybridized carbons (Fsp3) is 0.333. The highest BCUT2D eigenvalue weighted by atomic mass is 15.0. The first-order chi connectivity index (χ1) is 61.8. The van der Waals surface area contributed by atoms with Gasteiger partial charge in [-0.2, -0.15) is 18.3 Å². The summed E-state index contributed by atoms with van der Waals surface area (Å²) in [5, 5.41) is 10.4. The monoisotopic (exact) mass is 1660 g/mol. The molecule has 0 amide bonds. The smallest absolute Gasteiger partial charge is 0.222 e. The van der Waals surface area contributed by atoms with E-state index in [9.17, 15) is 0 Å². The molecule has 125 heavy (non-hydrogen) atoms. The normalized spacial score (nSPS) is 12.7. The van der Waals surface area contributed by atoms with Crippen LogP contribution in [0.15, 0.2) is 243 Å². The molecule has 8 aromatic carbocycles. The van der Waals surface area contributed by atoms with Gasteiger partial charge in [0.05, 0.1) is 56.0 Å². The van der Waals surface area contributed by atoms with Gasteiger partial charge < -0.3 is 0 Å². The average molecular weight is 1660 g/mol. The number of pyridine rings is 8. The van der Waals surface area contributed by atoms with E-state index in [0.717, 1.165) is 157 Å². The minimum absolute atomic E-state index is 0.0251. The second kappa shape index (κ2) is 37.6. The molecule has 8 heterocycles. The summed E-state index contributed by atoms with van der Waals surface area (Å²) in [5.41, 5.74) is 32.0. The summed E-state index contributed by atoms with van der Waals surface area (Å²) >= 11 is 0. The van der Waals surface area contributed by atoms with Crippen molar-refractivity contribution in [1.82, 2.24) is 15.0 Å². The van der Waals surface area contributed by atoms with Gasteiger partial charge in [-0.3, -0.25) is 15.0 Å². The highest BCUT2D eigenvalue weighted by molar-refractivity contribution is 5.99. The van der Waals surface area contributed by atoms with Crippen LogP contribution in [0.4, 0.5) is 0 Å². The van der Waals surface area contributed by atoms with Crippen LogP contribution in [0.3, 0.4) is 0 Å². The van der Waals surface area contributed by atoms with Crippen LogP contribution in [0.1, 0.15) is 235 Å². The molecule has 0 atom stereocenters. The molecular formula is C117H139N8+5. The number of fused-ring (bicyclic) bond motifs is 5. The number of nitrogens with zero attached hydrogens (tertiary/aromatic N) is 8. The summed E-state index contributed by atoms with van der Waals surface area (Å²) in [6.07, 6.45) is 13.7. The Labute approximate surface area is 758 Å². The largest absolute Gasteiger partial charge is 0.264 e. The van der Waals surface area contributed by atoms with Crippen LogP contribution in [0.2, 0.25) is 0 Å². The molecule has 8 aromatic heterocycles. The summed E-state index contributed by atoms with van der Waals surface area (Å²) in [5.74, 6) is -0.139. The Morgan fingerprint density at radius 3 is 1.18 bits per heavy atom. The van der Waals surface area contributed by atoms with E-state index in [-0.39, 0.29) is 33.9 Å². The van der Waals surface area contributed by atoms with Crippen molar-refractivity contribution < 1.29 is 32.4 Å². The van der Waals surface area contributed by atoms with Crippen molar-refractivity contribution in [1.29, 1.82) is 0 Å². The predicted molar refractivity (Wildman–Crippen MR) is 531 cm³/mol. The van der Waals surface area contributed by atoms with Crippen LogP contribution in [0, 0.1) is 69.2 Å². The van der Waals surface area contributed by atoms with E-state index in [1.807, 2.05) is 110 Å². The quantitative estimate of drug-likeness (QED) is 0.128. The lowest BCUT2D eigenvalue weighted by Crippen LogP contribution is -2.35. The molecule has 0 bridgehead atoms. The molecule has 16 rings (SSSR count). The molecule has 0 N–H and O–H groups in total. The lowest BCUT2D eigenvalue weighted by atomic mass is 9.85. The Kier molecular flexibility index (Phi) is 24.9. The topological polar surface area (TPSA) is 58.1 Å². The van der Waals surface area contributed by atoms with Gasteiger partial charge in [0, 0.05) is 108 Å². The summed E-state index contributed by atoms with van der Waals surface area (Å²) in [6, 6.07) is 62.9. The van der Waals surface area contributed by atoms with Gasteiger partial charge in [0.1, 0.15) is 36.6 Å². The molecule has 0 aliphatic heterocycles. The molecule has 8 nitrogen and oxygen atoms in total. The van der Waals surface area contributed by atoms with Crippen molar-refractivity contribution in [3.63, 3.8) is 0 Å². The van der Waals surface area contributed by atoms with Crippen LogP contribution in [0.5, 0.6) is 0 Å². The molecule has 16 aromatic rings. The van der Waals surface area contributed by atoms with Gasteiger partial charge >= 0.3 is 0 Å². The van der Waals surface area contributed by atoms with Gasteiger partial charge in [-0.05, 0) is 254 Å². The minimum Gasteiger partial charge on any atom is -0.264 e. The van der Waals surface area contributed by atoms with E-state index in [4.69, 9.17) is 9.60 Å². The molecular weight excluding hydrogens is 1520 g/mol. The summed E-state index contributed by atoms with van der Waals surface area (Å²) in [6.45, 7) is 55.5. The van der Waals surface area contributed by atoms with Crippen LogP contribution in [0.25, 0.3) is 121 Å². The molecule has 0 saturated heterocycles. The first-order valence-corrected chi connectivity index (χ1v) is 44.5. The van der Waals surface area contributed by atoms with Gasteiger partial charge in [-0.25, -0.2) is 4.57 Å². The summed E-state index contributed by atoms with van der Waals surface area (Å²) in [4.78, 5) is 12.8. The Morgan fingerprint density at radius 2 is 0.736 bits per heavy atom. The molecule has 0 aliphatic rings. The molecule has 8 heteroatoms. The number of rotatable bonds is 10. The Morgan fingerprint density at radius 1 is 0.328 bits per heavy atom. The second-order valence-electron chi connectivity index (χ2n) is 38.9. The van der Waals surface area contributed by atoms with Gasteiger partial charge in [-0.1, -0.05) is 214 Å². The van der Waals surface area contributed by atoms with Gasteiger partial charge in [0.2, 0.25) is 28.5 Å². The highest BCUT2D eigenvalue weighted by Gasteiger charge is 2.29. The zero-order valence-corrected chi connectivity index (χ0v) is 80.7. The summed E-state index contributed by atoms with van der Waals surface area (Å²) < 4.78 is 70.8. The maximum Gasteiger partial charge on any atom is 0.222 e. The zero-order valence-electron chi connectivity index (χ0n) is 87.7. The van der Waals surface area contributed by atoms with Crippen molar-refractivity contribution >= 4 is 53.9 Å². The molecule has 0 saturated carbocycles. The Bertz CT molecular complexity index is 6970. The number of aryl methyl sites for hydroxylation is 5. The highest BCUT2D eigenvalue weighted by Crippen LogP contribution is 2.41.